The number of aryl methyl sites for hydroxylation is 1. The smallest absolute Gasteiger partial charge is 0.269 e. The third kappa shape index (κ3) is 3.07. The molecule has 21 heavy (non-hydrogen) atoms. The van der Waals surface area contributed by atoms with E-state index in [1.807, 2.05) is 6.92 Å². The molecule has 1 heterocycles. The predicted molar refractivity (Wildman–Crippen MR) is 78.9 cm³/mol. The highest BCUT2D eigenvalue weighted by Crippen LogP contribution is 2.30. The lowest BCUT2D eigenvalue weighted by Crippen LogP contribution is -2.03. The maximum Gasteiger partial charge on any atom is 0.269 e. The van der Waals surface area contributed by atoms with Crippen molar-refractivity contribution in [2.24, 2.45) is 0 Å². The van der Waals surface area contributed by atoms with Gasteiger partial charge in [-0.3, -0.25) is 10.1 Å². The molecular formula is C14H16N4O3. The lowest BCUT2D eigenvalue weighted by Gasteiger charge is -2.13. The van der Waals surface area contributed by atoms with E-state index in [1.54, 1.807) is 20.0 Å². The van der Waals surface area contributed by atoms with Crippen molar-refractivity contribution in [3.63, 3.8) is 0 Å². The monoisotopic (exact) mass is 288 g/mol. The van der Waals surface area contributed by atoms with E-state index < -0.39 is 4.92 Å². The number of nitrogens with one attached hydrogen (secondary N) is 1. The Morgan fingerprint density at radius 2 is 2.14 bits per heavy atom. The van der Waals surface area contributed by atoms with Gasteiger partial charge < -0.3 is 10.1 Å². The van der Waals surface area contributed by atoms with Crippen molar-refractivity contribution in [1.29, 1.82) is 0 Å². The Hall–Kier alpha value is -2.70. The summed E-state index contributed by atoms with van der Waals surface area (Å²) < 4.78 is 5.79. The Kier molecular flexibility index (Phi) is 4.32. The van der Waals surface area contributed by atoms with E-state index in [0.29, 0.717) is 29.4 Å². The van der Waals surface area contributed by atoms with Crippen LogP contribution in [0.5, 0.6) is 11.6 Å². The summed E-state index contributed by atoms with van der Waals surface area (Å²) >= 11 is 0. The summed E-state index contributed by atoms with van der Waals surface area (Å²) in [5, 5.41) is 13.7. The standard InChI is InChI=1S/C14H16N4O3/c1-4-11-13(15-3)16-8-17-14(11)21-12-6-5-10(18(19)20)7-9(12)2/h5-8H,4H2,1-3H3,(H,15,16,17). The lowest BCUT2D eigenvalue weighted by molar-refractivity contribution is -0.384. The minimum Gasteiger partial charge on any atom is -0.438 e. The molecule has 2 aromatic rings. The molecule has 0 saturated heterocycles. The fraction of sp³-hybridized carbons (Fsp3) is 0.286. The van der Waals surface area contributed by atoms with Crippen molar-refractivity contribution >= 4 is 11.5 Å². The number of nitro benzene ring substituents is 1. The fourth-order valence-corrected chi connectivity index (χ4v) is 1.98. The van der Waals surface area contributed by atoms with Crippen LogP contribution >= 0.6 is 0 Å². The molecule has 0 aliphatic carbocycles. The Morgan fingerprint density at radius 1 is 1.38 bits per heavy atom. The van der Waals surface area contributed by atoms with Gasteiger partial charge in [0.2, 0.25) is 5.88 Å². The van der Waals surface area contributed by atoms with Crippen molar-refractivity contribution < 1.29 is 9.66 Å². The molecule has 7 nitrogen and oxygen atoms in total. The van der Waals surface area contributed by atoms with Gasteiger partial charge in [0, 0.05) is 19.2 Å². The number of benzene rings is 1. The molecule has 1 N–H and O–H groups in total. The number of hydrogen-bond donors (Lipinski definition) is 1. The van der Waals surface area contributed by atoms with Crippen molar-refractivity contribution in [3.8, 4) is 11.6 Å². The number of anilines is 1. The first kappa shape index (κ1) is 14.7. The molecule has 0 aliphatic heterocycles. The number of non-ortho nitro benzene ring substituents is 1. The van der Waals surface area contributed by atoms with Crippen molar-refractivity contribution in [2.75, 3.05) is 12.4 Å². The maximum atomic E-state index is 10.7. The van der Waals surface area contributed by atoms with Crippen LogP contribution in [-0.2, 0) is 6.42 Å². The minimum atomic E-state index is -0.432. The average Bonchev–Trinajstić information content (AvgIpc) is 2.48. The highest BCUT2D eigenvalue weighted by Gasteiger charge is 2.14. The van der Waals surface area contributed by atoms with Crippen LogP contribution in [0.15, 0.2) is 24.5 Å². The third-order valence-corrected chi connectivity index (χ3v) is 3.07. The summed E-state index contributed by atoms with van der Waals surface area (Å²) in [4.78, 5) is 18.6. The Balaban J connectivity index is 2.36. The van der Waals surface area contributed by atoms with Crippen LogP contribution in [0.3, 0.4) is 0 Å². The summed E-state index contributed by atoms with van der Waals surface area (Å²) in [6, 6.07) is 4.46. The molecule has 0 spiro atoms. The molecule has 0 amide bonds. The molecule has 0 bridgehead atoms. The van der Waals surface area contributed by atoms with Crippen LogP contribution in [0.25, 0.3) is 0 Å². The van der Waals surface area contributed by atoms with Gasteiger partial charge in [0.15, 0.2) is 0 Å². The minimum absolute atomic E-state index is 0.0363. The zero-order chi connectivity index (χ0) is 15.4. The number of hydrogen-bond acceptors (Lipinski definition) is 6. The second-order valence-electron chi connectivity index (χ2n) is 4.42. The zero-order valence-corrected chi connectivity index (χ0v) is 12.1. The maximum absolute atomic E-state index is 10.7. The van der Waals surface area contributed by atoms with Crippen LogP contribution in [0.2, 0.25) is 0 Å². The van der Waals surface area contributed by atoms with Gasteiger partial charge in [-0.05, 0) is 25.0 Å². The number of ether oxygens (including phenoxy) is 1. The summed E-state index contributed by atoms with van der Waals surface area (Å²) in [7, 11) is 1.78. The van der Waals surface area contributed by atoms with Crippen molar-refractivity contribution in [3.05, 3.63) is 45.8 Å². The van der Waals surface area contributed by atoms with Gasteiger partial charge in [-0.25, -0.2) is 9.97 Å². The summed E-state index contributed by atoms with van der Waals surface area (Å²) in [6.45, 7) is 3.74. The molecule has 0 radical (unpaired) electrons. The van der Waals surface area contributed by atoms with Gasteiger partial charge in [0.05, 0.1) is 10.5 Å². The van der Waals surface area contributed by atoms with Crippen molar-refractivity contribution in [2.45, 2.75) is 20.3 Å². The normalized spacial score (nSPS) is 10.2. The molecule has 1 aromatic heterocycles. The van der Waals surface area contributed by atoms with Gasteiger partial charge in [-0.1, -0.05) is 6.92 Å². The number of rotatable bonds is 5. The largest absolute Gasteiger partial charge is 0.438 e. The van der Waals surface area contributed by atoms with Gasteiger partial charge in [0.25, 0.3) is 5.69 Å². The third-order valence-electron chi connectivity index (χ3n) is 3.07. The number of nitrogens with zero attached hydrogens (tertiary/aromatic N) is 3. The van der Waals surface area contributed by atoms with Crippen LogP contribution in [0, 0.1) is 17.0 Å². The van der Waals surface area contributed by atoms with E-state index in [2.05, 4.69) is 15.3 Å². The molecule has 0 fully saturated rings. The zero-order valence-electron chi connectivity index (χ0n) is 12.1. The summed E-state index contributed by atoms with van der Waals surface area (Å²) in [6.07, 6.45) is 2.12. The van der Waals surface area contributed by atoms with E-state index in [4.69, 9.17) is 4.74 Å². The van der Waals surface area contributed by atoms with Gasteiger partial charge in [-0.15, -0.1) is 0 Å². The van der Waals surface area contributed by atoms with E-state index in [0.717, 1.165) is 5.56 Å². The van der Waals surface area contributed by atoms with E-state index >= 15 is 0 Å². The molecule has 0 aliphatic rings. The second kappa shape index (κ2) is 6.17. The number of nitro groups is 1. The van der Waals surface area contributed by atoms with Gasteiger partial charge in [-0.2, -0.15) is 0 Å². The first-order valence-corrected chi connectivity index (χ1v) is 6.51. The Labute approximate surface area is 122 Å². The summed E-state index contributed by atoms with van der Waals surface area (Å²) in [5.41, 5.74) is 1.57. The van der Waals surface area contributed by atoms with Gasteiger partial charge >= 0.3 is 0 Å². The predicted octanol–water partition coefficient (Wildman–Crippen LogP) is 3.09. The fourth-order valence-electron chi connectivity index (χ4n) is 1.98. The van der Waals surface area contributed by atoms with E-state index in [1.165, 1.54) is 18.5 Å². The second-order valence-corrected chi connectivity index (χ2v) is 4.42. The average molecular weight is 288 g/mol. The molecule has 110 valence electrons. The summed E-state index contributed by atoms with van der Waals surface area (Å²) in [5.74, 6) is 1.70. The Bertz CT molecular complexity index is 673. The van der Waals surface area contributed by atoms with Crippen LogP contribution in [-0.4, -0.2) is 21.9 Å². The molecule has 0 saturated carbocycles. The quantitative estimate of drug-likeness (QED) is 0.671. The van der Waals surface area contributed by atoms with Crippen LogP contribution < -0.4 is 10.1 Å². The topological polar surface area (TPSA) is 90.2 Å². The highest BCUT2D eigenvalue weighted by molar-refractivity contribution is 5.51. The van der Waals surface area contributed by atoms with E-state index in [-0.39, 0.29) is 5.69 Å². The van der Waals surface area contributed by atoms with Gasteiger partial charge in [0.1, 0.15) is 17.9 Å². The lowest BCUT2D eigenvalue weighted by atomic mass is 10.2. The molecular weight excluding hydrogens is 272 g/mol. The molecule has 0 unspecified atom stereocenters. The molecule has 0 atom stereocenters. The SMILES string of the molecule is CCc1c(NC)ncnc1Oc1ccc([N+](=O)[O-])cc1C. The van der Waals surface area contributed by atoms with Crippen LogP contribution in [0.4, 0.5) is 11.5 Å². The molecule has 2 rings (SSSR count). The van der Waals surface area contributed by atoms with Crippen molar-refractivity contribution in [1.82, 2.24) is 9.97 Å². The Morgan fingerprint density at radius 3 is 2.71 bits per heavy atom. The molecule has 1 aromatic carbocycles. The first-order chi connectivity index (χ1) is 10.1. The number of aromatic nitrogens is 2. The van der Waals surface area contributed by atoms with Crippen LogP contribution in [0.1, 0.15) is 18.1 Å². The van der Waals surface area contributed by atoms with E-state index in [9.17, 15) is 10.1 Å². The highest BCUT2D eigenvalue weighted by atomic mass is 16.6. The first-order valence-electron chi connectivity index (χ1n) is 6.51. The molecule has 7 heteroatoms.